The molecule has 1 saturated heterocycles. The molecule has 2 unspecified atom stereocenters. The van der Waals surface area contributed by atoms with E-state index in [-0.39, 0.29) is 11.9 Å². The van der Waals surface area contributed by atoms with Crippen LogP contribution in [0.1, 0.15) is 28.6 Å². The van der Waals surface area contributed by atoms with Gasteiger partial charge in [0.2, 0.25) is 0 Å². The van der Waals surface area contributed by atoms with Crippen molar-refractivity contribution in [2.75, 3.05) is 13.1 Å². The lowest BCUT2D eigenvalue weighted by Crippen LogP contribution is -2.33. The first-order chi connectivity index (χ1) is 11.0. The van der Waals surface area contributed by atoms with E-state index in [4.69, 9.17) is 17.3 Å². The molecule has 2 N–H and O–H groups in total. The standard InChI is InChI=1S/C18H21ClN2OS/c1-11-6-16(18(22)21-10-13(9-20)7-12(21)2)23-17(11)14-4-3-5-15(19)8-14/h3-6,8,12-13H,7,9-10,20H2,1-2H3. The van der Waals surface area contributed by atoms with Crippen LogP contribution in [0.2, 0.25) is 5.02 Å². The van der Waals surface area contributed by atoms with Gasteiger partial charge in [-0.15, -0.1) is 11.3 Å². The van der Waals surface area contributed by atoms with Crippen LogP contribution in [-0.2, 0) is 0 Å². The minimum absolute atomic E-state index is 0.120. The van der Waals surface area contributed by atoms with E-state index in [2.05, 4.69) is 6.92 Å². The van der Waals surface area contributed by atoms with Gasteiger partial charge in [0.15, 0.2) is 0 Å². The van der Waals surface area contributed by atoms with Crippen molar-refractivity contribution in [2.24, 2.45) is 11.7 Å². The van der Waals surface area contributed by atoms with E-state index in [1.54, 1.807) is 11.3 Å². The third kappa shape index (κ3) is 3.30. The Bertz CT molecular complexity index is 728. The second kappa shape index (κ2) is 6.63. The van der Waals surface area contributed by atoms with Crippen LogP contribution in [0.15, 0.2) is 30.3 Å². The number of hydrogen-bond donors (Lipinski definition) is 1. The van der Waals surface area contributed by atoms with E-state index < -0.39 is 0 Å². The number of nitrogens with zero attached hydrogens (tertiary/aromatic N) is 1. The molecule has 2 atom stereocenters. The van der Waals surface area contributed by atoms with Gasteiger partial charge in [0.05, 0.1) is 4.88 Å². The van der Waals surface area contributed by atoms with Crippen LogP contribution in [0.3, 0.4) is 0 Å². The summed E-state index contributed by atoms with van der Waals surface area (Å²) in [6.07, 6.45) is 0.994. The third-order valence-corrected chi connectivity index (χ3v) is 5.98. The van der Waals surface area contributed by atoms with Gasteiger partial charge < -0.3 is 10.6 Å². The summed E-state index contributed by atoms with van der Waals surface area (Å²) in [5, 5.41) is 0.710. The van der Waals surface area contributed by atoms with E-state index in [1.165, 1.54) is 0 Å². The molecule has 2 heterocycles. The first-order valence-corrected chi connectivity index (χ1v) is 9.06. The first-order valence-electron chi connectivity index (χ1n) is 7.87. The Hall–Kier alpha value is -1.36. The number of halogens is 1. The number of carbonyl (C=O) groups excluding carboxylic acids is 1. The summed E-state index contributed by atoms with van der Waals surface area (Å²) < 4.78 is 0. The van der Waals surface area contributed by atoms with Gasteiger partial charge >= 0.3 is 0 Å². The quantitative estimate of drug-likeness (QED) is 0.904. The molecule has 1 aromatic heterocycles. The monoisotopic (exact) mass is 348 g/mol. The highest BCUT2D eigenvalue weighted by Crippen LogP contribution is 2.35. The minimum Gasteiger partial charge on any atom is -0.335 e. The zero-order valence-corrected chi connectivity index (χ0v) is 15.0. The fraction of sp³-hybridized carbons (Fsp3) is 0.389. The summed E-state index contributed by atoms with van der Waals surface area (Å²) in [5.41, 5.74) is 7.94. The maximum Gasteiger partial charge on any atom is 0.264 e. The normalized spacial score (nSPS) is 21.0. The summed E-state index contributed by atoms with van der Waals surface area (Å²) in [7, 11) is 0. The molecule has 5 heteroatoms. The molecule has 0 aliphatic carbocycles. The maximum atomic E-state index is 12.9. The number of benzene rings is 1. The zero-order chi connectivity index (χ0) is 16.6. The van der Waals surface area contributed by atoms with Gasteiger partial charge in [-0.3, -0.25) is 4.79 Å². The van der Waals surface area contributed by atoms with Gasteiger partial charge in [0.25, 0.3) is 5.91 Å². The number of nitrogens with two attached hydrogens (primary N) is 1. The van der Waals surface area contributed by atoms with E-state index in [0.717, 1.165) is 33.8 Å². The zero-order valence-electron chi connectivity index (χ0n) is 13.4. The molecule has 0 radical (unpaired) electrons. The Balaban J connectivity index is 1.87. The largest absolute Gasteiger partial charge is 0.335 e. The number of aryl methyl sites for hydroxylation is 1. The Labute approximate surface area is 146 Å². The van der Waals surface area contributed by atoms with E-state index >= 15 is 0 Å². The van der Waals surface area contributed by atoms with Crippen molar-refractivity contribution >= 4 is 28.8 Å². The molecule has 3 nitrogen and oxygen atoms in total. The number of likely N-dealkylation sites (tertiary alicyclic amines) is 1. The van der Waals surface area contributed by atoms with Crippen molar-refractivity contribution in [2.45, 2.75) is 26.3 Å². The average molecular weight is 349 g/mol. The average Bonchev–Trinajstić information content (AvgIpc) is 3.09. The van der Waals surface area contributed by atoms with Gasteiger partial charge in [-0.25, -0.2) is 0 Å². The summed E-state index contributed by atoms with van der Waals surface area (Å²) >= 11 is 7.63. The van der Waals surface area contributed by atoms with Crippen LogP contribution in [0.4, 0.5) is 0 Å². The van der Waals surface area contributed by atoms with Gasteiger partial charge in [-0.2, -0.15) is 0 Å². The van der Waals surface area contributed by atoms with Crippen LogP contribution >= 0.6 is 22.9 Å². The van der Waals surface area contributed by atoms with Crippen LogP contribution in [0.5, 0.6) is 0 Å². The molecule has 3 rings (SSSR count). The molecule has 1 aliphatic heterocycles. The lowest BCUT2D eigenvalue weighted by molar-refractivity contribution is 0.0748. The number of rotatable bonds is 3. The molecule has 1 fully saturated rings. The van der Waals surface area contributed by atoms with Crippen molar-refractivity contribution in [3.8, 4) is 10.4 Å². The highest BCUT2D eigenvalue weighted by molar-refractivity contribution is 7.17. The SMILES string of the molecule is Cc1cc(C(=O)N2CC(CN)CC2C)sc1-c1cccc(Cl)c1. The first kappa shape index (κ1) is 16.5. The Kier molecular flexibility index (Phi) is 4.76. The lowest BCUT2D eigenvalue weighted by atomic mass is 10.1. The van der Waals surface area contributed by atoms with Crippen molar-refractivity contribution in [3.63, 3.8) is 0 Å². The van der Waals surface area contributed by atoms with Crippen molar-refractivity contribution < 1.29 is 4.79 Å². The fourth-order valence-corrected chi connectivity index (χ4v) is 4.56. The van der Waals surface area contributed by atoms with E-state index in [9.17, 15) is 4.79 Å². The Morgan fingerprint density at radius 3 is 2.87 bits per heavy atom. The Morgan fingerprint density at radius 1 is 1.43 bits per heavy atom. The molecule has 0 bridgehead atoms. The molecule has 0 spiro atoms. The second-order valence-electron chi connectivity index (χ2n) is 6.28. The third-order valence-electron chi connectivity index (χ3n) is 4.47. The highest BCUT2D eigenvalue weighted by Gasteiger charge is 2.33. The predicted molar refractivity (Wildman–Crippen MR) is 97.2 cm³/mol. The molecule has 1 amide bonds. The van der Waals surface area contributed by atoms with Crippen molar-refractivity contribution in [1.29, 1.82) is 0 Å². The number of thiophene rings is 1. The molecule has 1 aliphatic rings. The van der Waals surface area contributed by atoms with Crippen LogP contribution < -0.4 is 5.73 Å². The minimum atomic E-state index is 0.120. The van der Waals surface area contributed by atoms with Gasteiger partial charge in [-0.05, 0) is 62.1 Å². The molecule has 0 saturated carbocycles. The molecular weight excluding hydrogens is 328 g/mol. The van der Waals surface area contributed by atoms with Gasteiger partial charge in [0.1, 0.15) is 0 Å². The highest BCUT2D eigenvalue weighted by atomic mass is 35.5. The predicted octanol–water partition coefficient (Wildman–Crippen LogP) is 4.19. The number of amides is 1. The molecule has 23 heavy (non-hydrogen) atoms. The van der Waals surface area contributed by atoms with E-state index in [0.29, 0.717) is 17.5 Å². The summed E-state index contributed by atoms with van der Waals surface area (Å²) in [4.78, 5) is 16.7. The van der Waals surface area contributed by atoms with Gasteiger partial charge in [-0.1, -0.05) is 23.7 Å². The van der Waals surface area contributed by atoms with E-state index in [1.807, 2.05) is 42.2 Å². The maximum absolute atomic E-state index is 12.9. The molecule has 1 aromatic carbocycles. The lowest BCUT2D eigenvalue weighted by Gasteiger charge is -2.20. The summed E-state index contributed by atoms with van der Waals surface area (Å²) in [5.74, 6) is 0.539. The smallest absolute Gasteiger partial charge is 0.264 e. The van der Waals surface area contributed by atoms with Crippen molar-refractivity contribution in [1.82, 2.24) is 4.90 Å². The summed E-state index contributed by atoms with van der Waals surface area (Å²) in [6.45, 7) is 5.55. The fourth-order valence-electron chi connectivity index (χ4n) is 3.24. The van der Waals surface area contributed by atoms with Crippen molar-refractivity contribution in [3.05, 3.63) is 45.8 Å². The summed E-state index contributed by atoms with van der Waals surface area (Å²) in [6, 6.07) is 10.0. The Morgan fingerprint density at radius 2 is 2.22 bits per heavy atom. The van der Waals surface area contributed by atoms with Crippen LogP contribution in [-0.4, -0.2) is 29.9 Å². The number of hydrogen-bond acceptors (Lipinski definition) is 3. The second-order valence-corrected chi connectivity index (χ2v) is 7.77. The van der Waals surface area contributed by atoms with Gasteiger partial charge in [0, 0.05) is 22.5 Å². The topological polar surface area (TPSA) is 46.3 Å². The van der Waals surface area contributed by atoms with Crippen LogP contribution in [0, 0.1) is 12.8 Å². The molecule has 2 aromatic rings. The number of carbonyl (C=O) groups is 1. The molecular formula is C18H21ClN2OS. The van der Waals surface area contributed by atoms with Crippen LogP contribution in [0.25, 0.3) is 10.4 Å². The molecule has 122 valence electrons.